The monoisotopic (exact) mass is 744 g/mol. The third kappa shape index (κ3) is 7.86. The number of H-pyrrole nitrogens is 1. The van der Waals surface area contributed by atoms with Crippen LogP contribution < -0.4 is 16.0 Å². The fraction of sp³-hybridized carbons (Fsp3) is 0.474. The Hall–Kier alpha value is -5.02. The molecule has 0 unspecified atom stereocenters. The summed E-state index contributed by atoms with van der Waals surface area (Å²) in [6.07, 6.45) is 6.56. The molecule has 14 nitrogen and oxygen atoms in total. The van der Waals surface area contributed by atoms with E-state index in [1.54, 1.807) is 16.0 Å². The molecule has 5 amide bonds. The highest BCUT2D eigenvalue weighted by Gasteiger charge is 2.39. The molecule has 3 aromatic heterocycles. The quantitative estimate of drug-likeness (QED) is 0.146. The van der Waals surface area contributed by atoms with Crippen molar-refractivity contribution in [3.63, 3.8) is 0 Å². The Balaban J connectivity index is 1.13. The smallest absolute Gasteiger partial charge is 0.247 e. The van der Waals surface area contributed by atoms with Crippen molar-refractivity contribution in [1.82, 2.24) is 35.0 Å². The number of hydrogen-bond donors (Lipinski definition) is 5. The number of aromatic nitrogens is 3. The zero-order valence-electron chi connectivity index (χ0n) is 30.7. The number of thiophene rings is 1. The number of anilines is 1. The number of rotatable bonds is 12. The molecule has 6 rings (SSSR count). The Kier molecular flexibility index (Phi) is 11.3. The molecule has 0 bridgehead atoms. The van der Waals surface area contributed by atoms with Crippen LogP contribution in [0.15, 0.2) is 48.1 Å². The normalized spacial score (nSPS) is 18.5. The van der Waals surface area contributed by atoms with Crippen molar-refractivity contribution in [2.45, 2.75) is 84.5 Å². The van der Waals surface area contributed by atoms with Gasteiger partial charge in [0.2, 0.25) is 29.5 Å². The minimum atomic E-state index is -0.735. The summed E-state index contributed by atoms with van der Waals surface area (Å²) in [4.78, 5) is 76.5. The fourth-order valence-corrected chi connectivity index (χ4v) is 8.33. The molecule has 53 heavy (non-hydrogen) atoms. The van der Waals surface area contributed by atoms with Gasteiger partial charge in [0.15, 0.2) is 0 Å². The average Bonchev–Trinajstić information content (AvgIpc) is 3.97. The maximum atomic E-state index is 13.5. The number of fused-ring (bicyclic) bond motifs is 1. The topological polar surface area (TPSA) is 182 Å². The molecule has 15 heteroatoms. The van der Waals surface area contributed by atoms with Crippen LogP contribution in [0.1, 0.15) is 72.2 Å². The second-order valence-corrected chi connectivity index (χ2v) is 15.4. The zero-order chi connectivity index (χ0) is 38.0. The summed E-state index contributed by atoms with van der Waals surface area (Å²) in [7, 11) is 0. The van der Waals surface area contributed by atoms with Crippen LogP contribution in [0.25, 0.3) is 27.2 Å². The third-order valence-corrected chi connectivity index (χ3v) is 11.1. The molecule has 5 N–H and O–H groups in total. The van der Waals surface area contributed by atoms with Crippen molar-refractivity contribution in [2.75, 3.05) is 25.0 Å². The minimum Gasteiger partial charge on any atom is -0.387 e. The number of nitrogens with zero attached hydrogens (tertiary/aromatic N) is 4. The number of benzene rings is 1. The molecule has 0 spiro atoms. The van der Waals surface area contributed by atoms with Crippen LogP contribution in [-0.2, 0) is 24.0 Å². The molecule has 2 saturated heterocycles. The van der Waals surface area contributed by atoms with Gasteiger partial charge in [0.05, 0.1) is 23.6 Å². The van der Waals surface area contributed by atoms with Crippen LogP contribution in [0.3, 0.4) is 0 Å². The summed E-state index contributed by atoms with van der Waals surface area (Å²) >= 11 is 1.51. The predicted molar refractivity (Wildman–Crippen MR) is 202 cm³/mol. The van der Waals surface area contributed by atoms with Gasteiger partial charge in [-0.05, 0) is 61.3 Å². The first-order valence-corrected chi connectivity index (χ1v) is 19.1. The number of carbonyl (C=O) groups is 5. The van der Waals surface area contributed by atoms with Crippen molar-refractivity contribution < 1.29 is 29.1 Å². The van der Waals surface area contributed by atoms with Gasteiger partial charge in [-0.15, -0.1) is 11.3 Å². The largest absolute Gasteiger partial charge is 0.387 e. The summed E-state index contributed by atoms with van der Waals surface area (Å²) in [6, 6.07) is 7.71. The molecule has 0 radical (unpaired) electrons. The number of amides is 5. The molecule has 0 aliphatic carbocycles. The van der Waals surface area contributed by atoms with Gasteiger partial charge in [0.25, 0.3) is 0 Å². The Morgan fingerprint density at radius 2 is 1.58 bits per heavy atom. The van der Waals surface area contributed by atoms with Crippen molar-refractivity contribution in [3.8, 4) is 16.9 Å². The Morgan fingerprint density at radius 3 is 2.26 bits per heavy atom. The van der Waals surface area contributed by atoms with E-state index in [1.165, 1.54) is 18.3 Å². The van der Waals surface area contributed by atoms with E-state index in [2.05, 4.69) is 30.5 Å². The van der Waals surface area contributed by atoms with E-state index in [0.29, 0.717) is 37.4 Å². The highest BCUT2D eigenvalue weighted by Crippen LogP contribution is 2.36. The molecule has 2 fully saturated rings. The number of aliphatic hydroxyl groups excluding tert-OH is 1. The number of aliphatic hydroxyl groups is 1. The van der Waals surface area contributed by atoms with Crippen LogP contribution in [0.2, 0.25) is 0 Å². The van der Waals surface area contributed by atoms with Gasteiger partial charge in [0, 0.05) is 42.7 Å². The lowest BCUT2D eigenvalue weighted by molar-refractivity contribution is -0.141. The number of likely N-dealkylation sites (tertiary alicyclic amines) is 2. The Bertz CT molecular complexity index is 1980. The van der Waals surface area contributed by atoms with Crippen molar-refractivity contribution >= 4 is 56.8 Å². The van der Waals surface area contributed by atoms with E-state index in [-0.39, 0.29) is 41.5 Å². The van der Waals surface area contributed by atoms with Gasteiger partial charge in [-0.2, -0.15) is 0 Å². The maximum Gasteiger partial charge on any atom is 0.247 e. The maximum absolute atomic E-state index is 13.5. The second-order valence-electron chi connectivity index (χ2n) is 14.5. The molecule has 0 saturated carbocycles. The van der Waals surface area contributed by atoms with E-state index in [9.17, 15) is 29.1 Å². The number of nitrogens with one attached hydrogen (secondary N) is 4. The molecule has 2 aliphatic rings. The molecular formula is C38H48N8O6S. The molecule has 282 valence electrons. The van der Waals surface area contributed by atoms with Gasteiger partial charge in [-0.3, -0.25) is 24.0 Å². The molecular weight excluding hydrogens is 697 g/mol. The van der Waals surface area contributed by atoms with E-state index >= 15 is 0 Å². The van der Waals surface area contributed by atoms with Gasteiger partial charge >= 0.3 is 0 Å². The lowest BCUT2D eigenvalue weighted by Gasteiger charge is -2.30. The lowest BCUT2D eigenvalue weighted by atomic mass is 10.0. The Morgan fingerprint density at radius 1 is 0.925 bits per heavy atom. The van der Waals surface area contributed by atoms with E-state index in [4.69, 9.17) is 0 Å². The highest BCUT2D eigenvalue weighted by atomic mass is 32.1. The van der Waals surface area contributed by atoms with Crippen molar-refractivity contribution in [1.29, 1.82) is 0 Å². The Labute approximate surface area is 312 Å². The number of carbonyl (C=O) groups excluding carboxylic acids is 5. The summed E-state index contributed by atoms with van der Waals surface area (Å²) in [5, 5.41) is 20.5. The first-order chi connectivity index (χ1) is 25.4. The van der Waals surface area contributed by atoms with E-state index in [1.807, 2.05) is 69.6 Å². The first kappa shape index (κ1) is 37.7. The van der Waals surface area contributed by atoms with Gasteiger partial charge in [0.1, 0.15) is 35.4 Å². The first-order valence-electron chi connectivity index (χ1n) is 18.2. The van der Waals surface area contributed by atoms with Crippen LogP contribution in [0.5, 0.6) is 0 Å². The van der Waals surface area contributed by atoms with Gasteiger partial charge in [-0.1, -0.05) is 39.8 Å². The van der Waals surface area contributed by atoms with Gasteiger partial charge < -0.3 is 40.4 Å². The minimum absolute atomic E-state index is 0.114. The van der Waals surface area contributed by atoms with Crippen LogP contribution in [0.4, 0.5) is 5.69 Å². The van der Waals surface area contributed by atoms with Crippen molar-refractivity contribution in [3.05, 3.63) is 53.9 Å². The summed E-state index contributed by atoms with van der Waals surface area (Å²) in [5.41, 5.74) is 3.36. The fourth-order valence-electron chi connectivity index (χ4n) is 7.33. The summed E-state index contributed by atoms with van der Waals surface area (Å²) in [6.45, 7) is 9.23. The van der Waals surface area contributed by atoms with Crippen LogP contribution in [0, 0.1) is 11.8 Å². The lowest BCUT2D eigenvalue weighted by Crippen LogP contribution is -2.54. The predicted octanol–water partition coefficient (Wildman–Crippen LogP) is 3.97. The number of hydrogen-bond acceptors (Lipinski definition) is 8. The SMILES string of the molecule is CC(=O)N[C@H](C(=O)N1CCC[C@H]1C(=O)Nc1csc2c1ccn2-c1ccc(-c2cnc([C@@H]3CCCN3C(=O)[C@@H](NC(=O)CO)C(C)C)[nH]2)cc1)C(C)C. The zero-order valence-corrected chi connectivity index (χ0v) is 31.5. The standard InChI is InChI=1S/C38H48N8O6S/c1-21(2)32(40-23(5)48)36(51)46-16-7-9-30(46)35(50)42-28-20-53-38-26(28)14-17-44(38)25-12-10-24(11-13-25)27-18-39-34(41-27)29-8-6-15-45(29)37(52)33(22(3)4)43-31(49)19-47/h10-14,17-18,20-22,29-30,32-33,47H,6-9,15-16,19H2,1-5H3,(H,39,41)(H,40,48)(H,42,50)(H,43,49)/t29-,30-,32-,33-/m0/s1. The summed E-state index contributed by atoms with van der Waals surface area (Å²) in [5.74, 6) is -1.09. The molecule has 5 heterocycles. The summed E-state index contributed by atoms with van der Waals surface area (Å²) < 4.78 is 2.06. The molecule has 4 aromatic rings. The highest BCUT2D eigenvalue weighted by molar-refractivity contribution is 7.17. The third-order valence-electron chi connectivity index (χ3n) is 10.1. The molecule has 1 aromatic carbocycles. The van der Waals surface area contributed by atoms with Crippen molar-refractivity contribution in [2.24, 2.45) is 11.8 Å². The average molecular weight is 745 g/mol. The molecule has 4 atom stereocenters. The second kappa shape index (κ2) is 15.9. The molecule has 2 aliphatic heterocycles. The van der Waals surface area contributed by atoms with Crippen LogP contribution in [-0.4, -0.2) is 96.8 Å². The van der Waals surface area contributed by atoms with E-state index < -0.39 is 30.6 Å². The van der Waals surface area contributed by atoms with Gasteiger partial charge in [-0.25, -0.2) is 4.98 Å². The van der Waals surface area contributed by atoms with Crippen LogP contribution >= 0.6 is 11.3 Å². The number of aromatic amines is 1. The van der Waals surface area contributed by atoms with E-state index in [0.717, 1.165) is 40.0 Å². The number of imidazole rings is 1.